The molecule has 0 spiro atoms. The lowest BCUT2D eigenvalue weighted by molar-refractivity contribution is -0.114. The molecule has 0 unspecified atom stereocenters. The fraction of sp³-hybridized carbons (Fsp3) is 0.174. The number of anilines is 2. The molecule has 5 nitrogen and oxygen atoms in total. The number of benzene rings is 3. The molecule has 148 valence electrons. The van der Waals surface area contributed by atoms with Crippen LogP contribution in [-0.4, -0.2) is 20.9 Å². The third kappa shape index (κ3) is 3.51. The molecule has 1 aliphatic heterocycles. The number of hydrogen-bond donors (Lipinski definition) is 1. The summed E-state index contributed by atoms with van der Waals surface area (Å²) in [5, 5.41) is 2.77. The van der Waals surface area contributed by atoms with Crippen molar-refractivity contribution in [1.82, 2.24) is 0 Å². The summed E-state index contributed by atoms with van der Waals surface area (Å²) in [6.07, 6.45) is 0. The fourth-order valence-corrected chi connectivity index (χ4v) is 5.18. The second kappa shape index (κ2) is 7.37. The number of carbonyl (C=O) groups is 1. The Hall–Kier alpha value is -3.12. The van der Waals surface area contributed by atoms with Crippen molar-refractivity contribution in [2.45, 2.75) is 24.7 Å². The SMILES string of the molecule is CC(C)c1ccc2c(c1)-c1ccccc1S(=O)(=O)N2CC(=O)Nc1ccccc1. The summed E-state index contributed by atoms with van der Waals surface area (Å²) in [6.45, 7) is 3.90. The number of para-hydroxylation sites is 1. The maximum Gasteiger partial charge on any atom is 0.265 e. The Balaban J connectivity index is 1.77. The van der Waals surface area contributed by atoms with Crippen molar-refractivity contribution in [2.75, 3.05) is 16.2 Å². The monoisotopic (exact) mass is 406 g/mol. The van der Waals surface area contributed by atoms with Crippen LogP contribution < -0.4 is 9.62 Å². The lowest BCUT2D eigenvalue weighted by Gasteiger charge is -2.32. The number of fused-ring (bicyclic) bond motifs is 3. The Kier molecular flexibility index (Phi) is 4.88. The van der Waals surface area contributed by atoms with Gasteiger partial charge in [-0.1, -0.05) is 56.3 Å². The van der Waals surface area contributed by atoms with E-state index in [1.807, 2.05) is 42.5 Å². The summed E-state index contributed by atoms with van der Waals surface area (Å²) >= 11 is 0. The summed E-state index contributed by atoms with van der Waals surface area (Å²) in [7, 11) is -3.84. The zero-order valence-electron chi connectivity index (χ0n) is 16.3. The van der Waals surface area contributed by atoms with E-state index < -0.39 is 15.9 Å². The first-order valence-corrected chi connectivity index (χ1v) is 10.9. The number of hydrogen-bond acceptors (Lipinski definition) is 3. The number of amides is 1. The smallest absolute Gasteiger partial charge is 0.265 e. The normalized spacial score (nSPS) is 14.2. The van der Waals surface area contributed by atoms with Gasteiger partial charge in [-0.05, 0) is 41.8 Å². The molecule has 0 atom stereocenters. The van der Waals surface area contributed by atoms with E-state index in [1.165, 1.54) is 4.31 Å². The van der Waals surface area contributed by atoms with E-state index in [4.69, 9.17) is 0 Å². The molecule has 3 aromatic rings. The van der Waals surface area contributed by atoms with Gasteiger partial charge >= 0.3 is 0 Å². The highest BCUT2D eigenvalue weighted by atomic mass is 32.2. The largest absolute Gasteiger partial charge is 0.325 e. The minimum Gasteiger partial charge on any atom is -0.325 e. The molecule has 0 fully saturated rings. The van der Waals surface area contributed by atoms with Gasteiger partial charge in [0.2, 0.25) is 5.91 Å². The van der Waals surface area contributed by atoms with Gasteiger partial charge in [-0.15, -0.1) is 0 Å². The second-order valence-electron chi connectivity index (χ2n) is 7.35. The van der Waals surface area contributed by atoms with Crippen molar-refractivity contribution in [3.8, 4) is 11.1 Å². The van der Waals surface area contributed by atoms with E-state index in [1.54, 1.807) is 30.3 Å². The van der Waals surface area contributed by atoms with E-state index in [2.05, 4.69) is 19.2 Å². The number of rotatable bonds is 4. The highest BCUT2D eigenvalue weighted by molar-refractivity contribution is 7.93. The van der Waals surface area contributed by atoms with Gasteiger partial charge in [0.25, 0.3) is 10.0 Å². The lowest BCUT2D eigenvalue weighted by Crippen LogP contribution is -2.40. The Bertz CT molecular complexity index is 1170. The topological polar surface area (TPSA) is 66.5 Å². The second-order valence-corrected chi connectivity index (χ2v) is 9.18. The first-order valence-electron chi connectivity index (χ1n) is 9.49. The van der Waals surface area contributed by atoms with Crippen LogP contribution in [0.15, 0.2) is 77.7 Å². The van der Waals surface area contributed by atoms with Crippen molar-refractivity contribution in [2.24, 2.45) is 0 Å². The molecule has 0 saturated carbocycles. The van der Waals surface area contributed by atoms with Gasteiger partial charge in [-0.3, -0.25) is 9.10 Å². The standard InChI is InChI=1S/C23H22N2O3S/c1-16(2)17-12-13-21-20(14-17)19-10-6-7-11-22(19)29(27,28)25(21)15-23(26)24-18-8-4-3-5-9-18/h3-14,16H,15H2,1-2H3,(H,24,26). The van der Waals surface area contributed by atoms with Crippen LogP contribution in [0.2, 0.25) is 0 Å². The predicted molar refractivity (Wildman–Crippen MR) is 116 cm³/mol. The summed E-state index contributed by atoms with van der Waals surface area (Å²) < 4.78 is 27.8. The Labute approximate surface area is 171 Å². The number of nitrogens with one attached hydrogen (secondary N) is 1. The van der Waals surface area contributed by atoms with E-state index in [0.717, 1.165) is 11.1 Å². The first-order chi connectivity index (χ1) is 13.9. The summed E-state index contributed by atoms with van der Waals surface area (Å²) in [5.74, 6) is -0.0844. The van der Waals surface area contributed by atoms with Gasteiger partial charge in [0.15, 0.2) is 0 Å². The highest BCUT2D eigenvalue weighted by Crippen LogP contribution is 2.43. The number of carbonyl (C=O) groups excluding carboxylic acids is 1. The predicted octanol–water partition coefficient (Wildman–Crippen LogP) is 4.62. The molecule has 6 heteroatoms. The molecule has 1 aliphatic rings. The number of sulfonamides is 1. The van der Waals surface area contributed by atoms with E-state index in [-0.39, 0.29) is 11.4 Å². The molecule has 3 aromatic carbocycles. The van der Waals surface area contributed by atoms with Gasteiger partial charge in [0, 0.05) is 16.8 Å². The van der Waals surface area contributed by atoms with Crippen LogP contribution in [-0.2, 0) is 14.8 Å². The van der Waals surface area contributed by atoms with Gasteiger partial charge in [-0.25, -0.2) is 8.42 Å². The van der Waals surface area contributed by atoms with E-state index >= 15 is 0 Å². The zero-order valence-corrected chi connectivity index (χ0v) is 17.1. The summed E-state index contributed by atoms with van der Waals surface area (Å²) in [5.41, 5.74) is 3.77. The van der Waals surface area contributed by atoms with E-state index in [9.17, 15) is 13.2 Å². The molecule has 1 amide bonds. The third-order valence-corrected chi connectivity index (χ3v) is 6.86. The Morgan fingerprint density at radius 1 is 0.931 bits per heavy atom. The van der Waals surface area contributed by atoms with Crippen LogP contribution in [0.25, 0.3) is 11.1 Å². The van der Waals surface area contributed by atoms with Crippen LogP contribution in [0.1, 0.15) is 25.3 Å². The van der Waals surface area contributed by atoms with Crippen molar-refractivity contribution in [1.29, 1.82) is 0 Å². The molecule has 0 saturated heterocycles. The van der Waals surface area contributed by atoms with Crippen LogP contribution in [0.4, 0.5) is 11.4 Å². The van der Waals surface area contributed by atoms with Crippen molar-refractivity contribution in [3.05, 3.63) is 78.4 Å². The van der Waals surface area contributed by atoms with Crippen LogP contribution in [0, 0.1) is 0 Å². The number of nitrogens with zero attached hydrogens (tertiary/aromatic N) is 1. The summed E-state index contributed by atoms with van der Waals surface area (Å²) in [6, 6.07) is 21.7. The van der Waals surface area contributed by atoms with Crippen molar-refractivity contribution < 1.29 is 13.2 Å². The van der Waals surface area contributed by atoms with E-state index in [0.29, 0.717) is 22.9 Å². The minimum atomic E-state index is -3.84. The highest BCUT2D eigenvalue weighted by Gasteiger charge is 2.36. The third-order valence-electron chi connectivity index (χ3n) is 5.05. The average molecular weight is 407 g/mol. The molecule has 0 aliphatic carbocycles. The fourth-order valence-electron chi connectivity index (χ4n) is 3.53. The average Bonchev–Trinajstić information content (AvgIpc) is 2.71. The van der Waals surface area contributed by atoms with Crippen molar-refractivity contribution in [3.63, 3.8) is 0 Å². The zero-order chi connectivity index (χ0) is 20.6. The van der Waals surface area contributed by atoms with Gasteiger partial charge in [0.1, 0.15) is 6.54 Å². The molecule has 0 radical (unpaired) electrons. The molecule has 29 heavy (non-hydrogen) atoms. The van der Waals surface area contributed by atoms with Crippen LogP contribution in [0.5, 0.6) is 0 Å². The van der Waals surface area contributed by atoms with Gasteiger partial charge in [0.05, 0.1) is 10.6 Å². The minimum absolute atomic E-state index is 0.223. The molecule has 1 heterocycles. The quantitative estimate of drug-likeness (QED) is 0.687. The molecule has 0 aromatic heterocycles. The molecular weight excluding hydrogens is 384 g/mol. The molecule has 4 rings (SSSR count). The molecule has 1 N–H and O–H groups in total. The Morgan fingerprint density at radius 2 is 1.62 bits per heavy atom. The molecular formula is C23H22N2O3S. The van der Waals surface area contributed by atoms with Crippen molar-refractivity contribution >= 4 is 27.3 Å². The molecule has 0 bridgehead atoms. The van der Waals surface area contributed by atoms with Crippen LogP contribution >= 0.6 is 0 Å². The maximum atomic E-state index is 13.3. The van der Waals surface area contributed by atoms with Gasteiger partial charge < -0.3 is 5.32 Å². The summed E-state index contributed by atoms with van der Waals surface area (Å²) in [4.78, 5) is 12.9. The Morgan fingerprint density at radius 3 is 2.34 bits per heavy atom. The van der Waals surface area contributed by atoms with Crippen LogP contribution in [0.3, 0.4) is 0 Å². The lowest BCUT2D eigenvalue weighted by atomic mass is 9.95. The maximum absolute atomic E-state index is 13.3. The van der Waals surface area contributed by atoms with Gasteiger partial charge in [-0.2, -0.15) is 0 Å². The first kappa shape index (κ1) is 19.2.